The molecule has 0 bridgehead atoms. The summed E-state index contributed by atoms with van der Waals surface area (Å²) in [6.07, 6.45) is 1.53. The highest BCUT2D eigenvalue weighted by atomic mass is 15.2. The van der Waals surface area contributed by atoms with E-state index < -0.39 is 6.42 Å². The van der Waals surface area contributed by atoms with Crippen molar-refractivity contribution in [1.82, 2.24) is 4.48 Å². The van der Waals surface area contributed by atoms with E-state index in [9.17, 15) is 0 Å². The van der Waals surface area contributed by atoms with Crippen LogP contribution in [-0.4, -0.2) is 21.1 Å². The molecule has 21 heavy (non-hydrogen) atoms. The van der Waals surface area contributed by atoms with Crippen LogP contribution in [-0.2, 0) is 0 Å². The molecule has 0 N–H and O–H groups in total. The SMILES string of the molecule is CC1=CC(C)=[N+]2C1=C(C(C)C)c1c(C)cc(C)n1[B-]2(C)C. The van der Waals surface area contributed by atoms with E-state index in [-0.39, 0.29) is 0 Å². The monoisotopic (exact) mass is 282 g/mol. The summed E-state index contributed by atoms with van der Waals surface area (Å²) in [5, 5.41) is 0. The van der Waals surface area contributed by atoms with Crippen LogP contribution < -0.4 is 0 Å². The fourth-order valence-corrected chi connectivity index (χ4v) is 4.72. The first-order valence-electron chi connectivity index (χ1n) is 8.16. The zero-order valence-electron chi connectivity index (χ0n) is 14.7. The molecule has 1 aromatic heterocycles. The highest BCUT2D eigenvalue weighted by Gasteiger charge is 2.45. The maximum Gasteiger partial charge on any atom is 0.372 e. The van der Waals surface area contributed by atoms with Gasteiger partial charge in [-0.2, -0.15) is 0 Å². The van der Waals surface area contributed by atoms with Crippen LogP contribution in [0.5, 0.6) is 0 Å². The number of fused-ring (bicyclic) bond motifs is 2. The Morgan fingerprint density at radius 2 is 1.71 bits per heavy atom. The van der Waals surface area contributed by atoms with Gasteiger partial charge in [-0.25, -0.2) is 0 Å². The average molecular weight is 282 g/mol. The van der Waals surface area contributed by atoms with E-state index in [0.29, 0.717) is 5.92 Å². The largest absolute Gasteiger partial charge is 0.459 e. The number of aryl methyl sites for hydroxylation is 2. The molecule has 2 aliphatic rings. The molecular formula is C18H27BN2. The number of nitrogens with zero attached hydrogens (tertiary/aromatic N) is 2. The van der Waals surface area contributed by atoms with E-state index in [0.717, 1.165) is 0 Å². The molecular weight excluding hydrogens is 255 g/mol. The Labute approximate surface area is 128 Å². The second kappa shape index (κ2) is 4.25. The molecule has 0 atom stereocenters. The quantitative estimate of drug-likeness (QED) is 0.671. The van der Waals surface area contributed by atoms with E-state index in [4.69, 9.17) is 0 Å². The van der Waals surface area contributed by atoms with Crippen molar-refractivity contribution >= 4 is 17.7 Å². The molecule has 112 valence electrons. The lowest BCUT2D eigenvalue weighted by molar-refractivity contribution is -0.336. The van der Waals surface area contributed by atoms with Crippen molar-refractivity contribution in [3.8, 4) is 0 Å². The van der Waals surface area contributed by atoms with Crippen molar-refractivity contribution in [1.29, 1.82) is 0 Å². The van der Waals surface area contributed by atoms with Crippen LogP contribution in [0, 0.1) is 19.8 Å². The van der Waals surface area contributed by atoms with E-state index in [2.05, 4.69) is 76.3 Å². The Kier molecular flexibility index (Phi) is 2.92. The minimum Gasteiger partial charge on any atom is -0.459 e. The molecule has 0 saturated carbocycles. The van der Waals surface area contributed by atoms with Crippen molar-refractivity contribution in [2.45, 2.75) is 55.2 Å². The minimum atomic E-state index is -0.820. The topological polar surface area (TPSA) is 7.94 Å². The normalized spacial score (nSPS) is 20.1. The van der Waals surface area contributed by atoms with Gasteiger partial charge >= 0.3 is 6.42 Å². The maximum absolute atomic E-state index is 2.59. The third-order valence-electron chi connectivity index (χ3n) is 5.19. The van der Waals surface area contributed by atoms with Gasteiger partial charge in [-0.3, -0.25) is 0 Å². The number of hydrogen-bond acceptors (Lipinski definition) is 0. The van der Waals surface area contributed by atoms with Crippen LogP contribution in [0.15, 0.2) is 23.4 Å². The molecule has 0 saturated heterocycles. The van der Waals surface area contributed by atoms with Gasteiger partial charge in [-0.15, -0.1) is 13.6 Å². The van der Waals surface area contributed by atoms with Crippen LogP contribution >= 0.6 is 0 Å². The second-order valence-electron chi connectivity index (χ2n) is 7.67. The van der Waals surface area contributed by atoms with Crippen LogP contribution in [0.2, 0.25) is 13.6 Å². The molecule has 3 heterocycles. The summed E-state index contributed by atoms with van der Waals surface area (Å²) >= 11 is 0. The highest BCUT2D eigenvalue weighted by molar-refractivity contribution is 6.69. The summed E-state index contributed by atoms with van der Waals surface area (Å²) in [6.45, 7) is 18.4. The zero-order chi connectivity index (χ0) is 15.7. The second-order valence-corrected chi connectivity index (χ2v) is 7.67. The van der Waals surface area contributed by atoms with Gasteiger partial charge in [0.2, 0.25) is 0 Å². The van der Waals surface area contributed by atoms with Gasteiger partial charge in [0.1, 0.15) is 5.71 Å². The zero-order valence-corrected chi connectivity index (χ0v) is 14.7. The molecule has 0 spiro atoms. The number of aromatic nitrogens is 1. The predicted octanol–water partition coefficient (Wildman–Crippen LogP) is 4.47. The summed E-state index contributed by atoms with van der Waals surface area (Å²) in [5.41, 5.74) is 10.0. The van der Waals surface area contributed by atoms with Gasteiger partial charge in [0.15, 0.2) is 5.70 Å². The van der Waals surface area contributed by atoms with Gasteiger partial charge < -0.3 is 8.96 Å². The van der Waals surface area contributed by atoms with Crippen molar-refractivity contribution in [3.05, 3.63) is 40.4 Å². The van der Waals surface area contributed by atoms with Gasteiger partial charge in [0, 0.05) is 29.8 Å². The Bertz CT molecular complexity index is 740. The third-order valence-corrected chi connectivity index (χ3v) is 5.19. The average Bonchev–Trinajstić information content (AvgIpc) is 2.78. The fourth-order valence-electron chi connectivity index (χ4n) is 4.72. The summed E-state index contributed by atoms with van der Waals surface area (Å²) < 4.78 is 5.17. The lowest BCUT2D eigenvalue weighted by Gasteiger charge is -2.41. The Morgan fingerprint density at radius 1 is 1.10 bits per heavy atom. The highest BCUT2D eigenvalue weighted by Crippen LogP contribution is 2.43. The lowest BCUT2D eigenvalue weighted by atomic mass is 9.48. The summed E-state index contributed by atoms with van der Waals surface area (Å²) in [4.78, 5) is 0. The summed E-state index contributed by atoms with van der Waals surface area (Å²) in [6, 6.07) is 2.35. The molecule has 0 amide bonds. The molecule has 3 rings (SSSR count). The lowest BCUT2D eigenvalue weighted by Crippen LogP contribution is -2.53. The van der Waals surface area contributed by atoms with Crippen LogP contribution in [0.3, 0.4) is 0 Å². The molecule has 0 aliphatic carbocycles. The fraction of sp³-hybridized carbons (Fsp3) is 0.500. The van der Waals surface area contributed by atoms with Gasteiger partial charge in [0.05, 0.1) is 0 Å². The van der Waals surface area contributed by atoms with Gasteiger partial charge in [0.25, 0.3) is 0 Å². The smallest absolute Gasteiger partial charge is 0.372 e. The molecule has 0 aromatic carbocycles. The molecule has 0 fully saturated rings. The van der Waals surface area contributed by atoms with E-state index in [1.165, 1.54) is 39.5 Å². The molecule has 0 unspecified atom stereocenters. The number of rotatable bonds is 1. The van der Waals surface area contributed by atoms with Crippen LogP contribution in [0.4, 0.5) is 0 Å². The molecule has 2 nitrogen and oxygen atoms in total. The Balaban J connectivity index is 2.50. The van der Waals surface area contributed by atoms with Crippen molar-refractivity contribution in [2.24, 2.45) is 5.92 Å². The minimum absolute atomic E-state index is 0.524. The Hall–Kier alpha value is -1.51. The van der Waals surface area contributed by atoms with Gasteiger partial charge in [-0.1, -0.05) is 13.8 Å². The van der Waals surface area contributed by atoms with Crippen LogP contribution in [0.25, 0.3) is 5.57 Å². The molecule has 3 heteroatoms. The molecule has 1 aromatic rings. The van der Waals surface area contributed by atoms with Crippen molar-refractivity contribution in [2.75, 3.05) is 0 Å². The first kappa shape index (κ1) is 14.4. The maximum atomic E-state index is 2.59. The van der Waals surface area contributed by atoms with E-state index in [1.54, 1.807) is 0 Å². The summed E-state index contributed by atoms with van der Waals surface area (Å²) in [5.74, 6) is 0.524. The third kappa shape index (κ3) is 1.69. The Morgan fingerprint density at radius 3 is 2.29 bits per heavy atom. The predicted molar refractivity (Wildman–Crippen MR) is 93.2 cm³/mol. The van der Waals surface area contributed by atoms with Gasteiger partial charge in [-0.05, 0) is 44.0 Å². The summed E-state index contributed by atoms with van der Waals surface area (Å²) in [7, 11) is 0. The molecule has 2 aliphatic heterocycles. The van der Waals surface area contributed by atoms with Crippen LogP contribution in [0.1, 0.15) is 44.6 Å². The number of allylic oxidation sites excluding steroid dienone is 3. The standard InChI is InChI=1S/C18H27BN2/c1-11(2)16-17-12(3)9-14(5)20(17)19(7,8)21-15(6)10-13(4)18(16)21/h9-11H,1-8H3. The van der Waals surface area contributed by atoms with Crippen molar-refractivity contribution < 1.29 is 4.49 Å². The first-order chi connectivity index (χ1) is 9.67. The van der Waals surface area contributed by atoms with E-state index in [1.807, 2.05) is 0 Å². The molecule has 0 radical (unpaired) electrons. The van der Waals surface area contributed by atoms with E-state index >= 15 is 0 Å². The first-order valence-corrected chi connectivity index (χ1v) is 8.16. The number of hydrogen-bond donors (Lipinski definition) is 0. The van der Waals surface area contributed by atoms with Crippen molar-refractivity contribution in [3.63, 3.8) is 0 Å².